The molecule has 0 spiro atoms. The molecule has 0 bridgehead atoms. The van der Waals surface area contributed by atoms with E-state index in [-0.39, 0.29) is 17.3 Å². The Morgan fingerprint density at radius 3 is 2.56 bits per heavy atom. The van der Waals surface area contributed by atoms with Gasteiger partial charge in [-0.2, -0.15) is 0 Å². The lowest BCUT2D eigenvalue weighted by Gasteiger charge is -2.09. The van der Waals surface area contributed by atoms with E-state index in [4.69, 9.17) is 4.98 Å². The molecular formula is C23H19FN6O2S2. The molecule has 0 saturated carbocycles. The van der Waals surface area contributed by atoms with Crippen molar-refractivity contribution >= 4 is 32.3 Å². The van der Waals surface area contributed by atoms with Crippen LogP contribution in [0.4, 0.5) is 10.3 Å². The molecular weight excluding hydrogens is 475 g/mol. The monoisotopic (exact) mass is 494 g/mol. The van der Waals surface area contributed by atoms with E-state index in [1.807, 2.05) is 16.0 Å². The summed E-state index contributed by atoms with van der Waals surface area (Å²) in [4.78, 5) is 14.6. The van der Waals surface area contributed by atoms with Crippen molar-refractivity contribution in [2.24, 2.45) is 0 Å². The smallest absolute Gasteiger partial charge is 0.240 e. The lowest BCUT2D eigenvalue weighted by molar-refractivity contribution is 0.583. The van der Waals surface area contributed by atoms with Crippen LogP contribution in [-0.4, -0.2) is 40.9 Å². The number of rotatable bonds is 8. The van der Waals surface area contributed by atoms with Gasteiger partial charge in [0, 0.05) is 36.4 Å². The van der Waals surface area contributed by atoms with E-state index in [1.54, 1.807) is 42.6 Å². The summed E-state index contributed by atoms with van der Waals surface area (Å²) in [7, 11) is -3.58. The van der Waals surface area contributed by atoms with E-state index in [1.165, 1.54) is 35.6 Å². The molecule has 0 aliphatic rings. The molecule has 0 fully saturated rings. The molecule has 0 amide bonds. The topological polar surface area (TPSA) is 101 Å². The highest BCUT2D eigenvalue weighted by Gasteiger charge is 2.18. The van der Waals surface area contributed by atoms with Crippen molar-refractivity contribution in [1.29, 1.82) is 0 Å². The molecule has 5 aromatic rings. The molecule has 0 saturated heterocycles. The second kappa shape index (κ2) is 9.29. The number of fused-ring (bicyclic) bond motifs is 1. The fourth-order valence-electron chi connectivity index (χ4n) is 3.46. The third kappa shape index (κ3) is 4.53. The lowest BCUT2D eigenvalue weighted by Crippen LogP contribution is -2.29. The molecule has 0 unspecified atom stereocenters. The van der Waals surface area contributed by atoms with Gasteiger partial charge in [0.05, 0.1) is 16.3 Å². The van der Waals surface area contributed by atoms with Gasteiger partial charge in [0.15, 0.2) is 4.96 Å². The number of hydrogen-bond acceptors (Lipinski definition) is 7. The number of thiazole rings is 1. The summed E-state index contributed by atoms with van der Waals surface area (Å²) in [5.74, 6) is 0.0365. The maximum absolute atomic E-state index is 13.4. The standard InChI is InChI=1S/C23H19FN6O2S2/c24-17-8-6-16(7-9-17)20-21(30-14-15-33-23(30)29-20)19-10-11-25-22(28-19)26-12-13-27-34(31,32)18-4-2-1-3-5-18/h1-11,14-15,27H,12-13H2,(H,25,26,28). The normalized spacial score (nSPS) is 11.7. The van der Waals surface area contributed by atoms with Crippen molar-refractivity contribution in [3.8, 4) is 22.6 Å². The molecule has 0 aliphatic heterocycles. The molecule has 3 aromatic heterocycles. The van der Waals surface area contributed by atoms with E-state index in [0.717, 1.165) is 16.2 Å². The fourth-order valence-corrected chi connectivity index (χ4v) is 5.22. The molecule has 0 aliphatic carbocycles. The number of anilines is 1. The SMILES string of the molecule is O=S(=O)(NCCNc1nccc(-c2c(-c3ccc(F)cc3)nc3sccn23)n1)c1ccccc1. The van der Waals surface area contributed by atoms with Gasteiger partial charge in [-0.25, -0.2) is 32.5 Å². The van der Waals surface area contributed by atoms with Crippen LogP contribution >= 0.6 is 11.3 Å². The number of nitrogens with zero attached hydrogens (tertiary/aromatic N) is 4. The van der Waals surface area contributed by atoms with Gasteiger partial charge < -0.3 is 5.32 Å². The minimum absolute atomic E-state index is 0.160. The summed E-state index contributed by atoms with van der Waals surface area (Å²) < 4.78 is 42.6. The van der Waals surface area contributed by atoms with Gasteiger partial charge in [-0.3, -0.25) is 4.40 Å². The largest absolute Gasteiger partial charge is 0.353 e. The molecule has 0 atom stereocenters. The van der Waals surface area contributed by atoms with E-state index < -0.39 is 10.0 Å². The number of halogens is 1. The average Bonchev–Trinajstić information content (AvgIpc) is 3.45. The fraction of sp³-hybridized carbons (Fsp3) is 0.0870. The number of sulfonamides is 1. The van der Waals surface area contributed by atoms with Crippen LogP contribution in [0.15, 0.2) is 83.3 Å². The summed E-state index contributed by atoms with van der Waals surface area (Å²) in [6.45, 7) is 0.452. The van der Waals surface area contributed by atoms with Gasteiger partial charge in [-0.15, -0.1) is 11.3 Å². The summed E-state index contributed by atoms with van der Waals surface area (Å²) in [6, 6.07) is 16.1. The Bertz CT molecular complexity index is 1530. The maximum Gasteiger partial charge on any atom is 0.240 e. The van der Waals surface area contributed by atoms with Crippen molar-refractivity contribution in [2.45, 2.75) is 4.90 Å². The molecule has 3 heterocycles. The molecule has 2 aromatic carbocycles. The quantitative estimate of drug-likeness (QED) is 0.316. The lowest BCUT2D eigenvalue weighted by atomic mass is 10.1. The van der Waals surface area contributed by atoms with Crippen LogP contribution < -0.4 is 10.0 Å². The van der Waals surface area contributed by atoms with Gasteiger partial charge >= 0.3 is 0 Å². The average molecular weight is 495 g/mol. The van der Waals surface area contributed by atoms with Crippen LogP contribution in [0.5, 0.6) is 0 Å². The predicted molar refractivity (Wildman–Crippen MR) is 130 cm³/mol. The van der Waals surface area contributed by atoms with Crippen LogP contribution in [0.1, 0.15) is 0 Å². The van der Waals surface area contributed by atoms with Crippen LogP contribution in [0.2, 0.25) is 0 Å². The summed E-state index contributed by atoms with van der Waals surface area (Å²) in [5.41, 5.74) is 2.86. The van der Waals surface area contributed by atoms with Crippen LogP contribution in [0, 0.1) is 5.82 Å². The zero-order valence-corrected chi connectivity index (χ0v) is 19.4. The second-order valence-corrected chi connectivity index (χ2v) is 9.91. The first-order valence-corrected chi connectivity index (χ1v) is 12.7. The first kappa shape index (κ1) is 22.1. The Hall–Kier alpha value is -3.67. The third-order valence-corrected chi connectivity index (χ3v) is 7.27. The first-order valence-electron chi connectivity index (χ1n) is 10.3. The molecule has 5 rings (SSSR count). The number of imidazole rings is 1. The number of benzene rings is 2. The zero-order chi connectivity index (χ0) is 23.5. The molecule has 11 heteroatoms. The van der Waals surface area contributed by atoms with Crippen molar-refractivity contribution in [1.82, 2.24) is 24.1 Å². The van der Waals surface area contributed by atoms with E-state index in [2.05, 4.69) is 20.0 Å². The Kier molecular flexibility index (Phi) is 6.05. The number of hydrogen-bond donors (Lipinski definition) is 2. The van der Waals surface area contributed by atoms with Gasteiger partial charge in [-0.05, 0) is 42.5 Å². The first-order chi connectivity index (χ1) is 16.5. The van der Waals surface area contributed by atoms with Crippen LogP contribution in [-0.2, 0) is 10.0 Å². The summed E-state index contributed by atoms with van der Waals surface area (Å²) in [5, 5.41) is 4.98. The Morgan fingerprint density at radius 2 is 1.76 bits per heavy atom. The molecule has 2 N–H and O–H groups in total. The molecule has 8 nitrogen and oxygen atoms in total. The molecule has 34 heavy (non-hydrogen) atoms. The van der Waals surface area contributed by atoms with Gasteiger partial charge in [0.25, 0.3) is 0 Å². The predicted octanol–water partition coefficient (Wildman–Crippen LogP) is 4.05. The Labute approximate surface area is 199 Å². The minimum Gasteiger partial charge on any atom is -0.353 e. The van der Waals surface area contributed by atoms with E-state index >= 15 is 0 Å². The van der Waals surface area contributed by atoms with Crippen molar-refractivity contribution < 1.29 is 12.8 Å². The highest BCUT2D eigenvalue weighted by atomic mass is 32.2. The number of aromatic nitrogens is 4. The van der Waals surface area contributed by atoms with E-state index in [9.17, 15) is 12.8 Å². The Balaban J connectivity index is 1.35. The van der Waals surface area contributed by atoms with Gasteiger partial charge in [0.1, 0.15) is 11.5 Å². The maximum atomic E-state index is 13.4. The van der Waals surface area contributed by atoms with Crippen LogP contribution in [0.25, 0.3) is 27.6 Å². The van der Waals surface area contributed by atoms with Crippen molar-refractivity contribution in [3.63, 3.8) is 0 Å². The van der Waals surface area contributed by atoms with Gasteiger partial charge in [0.2, 0.25) is 16.0 Å². The highest BCUT2D eigenvalue weighted by Crippen LogP contribution is 2.33. The zero-order valence-electron chi connectivity index (χ0n) is 17.7. The summed E-state index contributed by atoms with van der Waals surface area (Å²) >= 11 is 1.49. The van der Waals surface area contributed by atoms with Crippen molar-refractivity contribution in [2.75, 3.05) is 18.4 Å². The number of nitrogens with one attached hydrogen (secondary N) is 2. The third-order valence-electron chi connectivity index (χ3n) is 5.03. The second-order valence-electron chi connectivity index (χ2n) is 7.27. The Morgan fingerprint density at radius 1 is 0.971 bits per heavy atom. The summed E-state index contributed by atoms with van der Waals surface area (Å²) in [6.07, 6.45) is 3.53. The molecule has 0 radical (unpaired) electrons. The van der Waals surface area contributed by atoms with Crippen LogP contribution in [0.3, 0.4) is 0 Å². The van der Waals surface area contributed by atoms with Crippen molar-refractivity contribution in [3.05, 3.63) is 84.3 Å². The minimum atomic E-state index is -3.58. The van der Waals surface area contributed by atoms with E-state index in [0.29, 0.717) is 23.9 Å². The molecule has 172 valence electrons. The highest BCUT2D eigenvalue weighted by molar-refractivity contribution is 7.89. The van der Waals surface area contributed by atoms with Gasteiger partial charge in [-0.1, -0.05) is 18.2 Å².